The minimum atomic E-state index is -0.397. The van der Waals surface area contributed by atoms with Crippen LogP contribution in [-0.4, -0.2) is 36.2 Å². The Bertz CT molecular complexity index is 1370. The standard InChI is InChI=1S/C27H26N4O5S/c1-17-4-6-18(7-5-17)15-28-25(32)19-8-10-20(11-9-19)29-26(33)27-31-30-24(37-27)16-36-21-12-13-22(34-2)23(14-21)35-3/h4-14H,15-16H2,1-3H3,(H,28,32)(H,29,33). The van der Waals surface area contributed by atoms with E-state index in [0.29, 0.717) is 40.1 Å². The number of methoxy groups -OCH3 is 2. The first-order valence-corrected chi connectivity index (χ1v) is 12.2. The van der Waals surface area contributed by atoms with Gasteiger partial charge >= 0.3 is 0 Å². The monoisotopic (exact) mass is 518 g/mol. The number of rotatable bonds is 10. The molecule has 10 heteroatoms. The van der Waals surface area contributed by atoms with Crippen molar-refractivity contribution in [1.29, 1.82) is 0 Å². The van der Waals surface area contributed by atoms with Crippen LogP contribution in [0.2, 0.25) is 0 Å². The first-order valence-electron chi connectivity index (χ1n) is 11.4. The second-order valence-electron chi connectivity index (χ2n) is 8.01. The third-order valence-corrected chi connectivity index (χ3v) is 6.25. The van der Waals surface area contributed by atoms with Crippen LogP contribution in [0.3, 0.4) is 0 Å². The largest absolute Gasteiger partial charge is 0.493 e. The Morgan fingerprint density at radius 3 is 2.30 bits per heavy atom. The predicted molar refractivity (Wildman–Crippen MR) is 141 cm³/mol. The summed E-state index contributed by atoms with van der Waals surface area (Å²) in [4.78, 5) is 25.0. The minimum absolute atomic E-state index is 0.146. The molecule has 0 fully saturated rings. The van der Waals surface area contributed by atoms with Gasteiger partial charge in [-0.3, -0.25) is 9.59 Å². The highest BCUT2D eigenvalue weighted by Gasteiger charge is 2.15. The lowest BCUT2D eigenvalue weighted by Crippen LogP contribution is -2.22. The maximum absolute atomic E-state index is 12.6. The highest BCUT2D eigenvalue weighted by atomic mass is 32.1. The van der Waals surface area contributed by atoms with E-state index >= 15 is 0 Å². The molecular weight excluding hydrogens is 492 g/mol. The van der Waals surface area contributed by atoms with Crippen LogP contribution in [0.5, 0.6) is 17.2 Å². The number of carbonyl (C=O) groups excluding carboxylic acids is 2. The molecule has 0 atom stereocenters. The van der Waals surface area contributed by atoms with Gasteiger partial charge in [-0.2, -0.15) is 0 Å². The van der Waals surface area contributed by atoms with Crippen molar-refractivity contribution in [2.45, 2.75) is 20.1 Å². The van der Waals surface area contributed by atoms with Gasteiger partial charge in [-0.05, 0) is 48.9 Å². The second-order valence-corrected chi connectivity index (χ2v) is 9.07. The molecule has 37 heavy (non-hydrogen) atoms. The van der Waals surface area contributed by atoms with Crippen LogP contribution < -0.4 is 24.8 Å². The third-order valence-electron chi connectivity index (χ3n) is 5.36. The number of nitrogens with zero attached hydrogens (tertiary/aromatic N) is 2. The van der Waals surface area contributed by atoms with E-state index in [1.54, 1.807) is 56.7 Å². The van der Waals surface area contributed by atoms with E-state index in [2.05, 4.69) is 20.8 Å². The van der Waals surface area contributed by atoms with Gasteiger partial charge in [0.2, 0.25) is 5.01 Å². The van der Waals surface area contributed by atoms with Crippen molar-refractivity contribution in [3.63, 3.8) is 0 Å². The van der Waals surface area contributed by atoms with Crippen molar-refractivity contribution in [2.75, 3.05) is 19.5 Å². The van der Waals surface area contributed by atoms with E-state index in [9.17, 15) is 9.59 Å². The van der Waals surface area contributed by atoms with Gasteiger partial charge in [0.1, 0.15) is 12.4 Å². The smallest absolute Gasteiger partial charge is 0.286 e. The van der Waals surface area contributed by atoms with Crippen LogP contribution in [-0.2, 0) is 13.2 Å². The minimum Gasteiger partial charge on any atom is -0.493 e. The zero-order chi connectivity index (χ0) is 26.2. The van der Waals surface area contributed by atoms with E-state index in [1.165, 1.54) is 5.56 Å². The van der Waals surface area contributed by atoms with Gasteiger partial charge in [0.05, 0.1) is 14.2 Å². The normalized spacial score (nSPS) is 10.5. The Morgan fingerprint density at radius 1 is 0.865 bits per heavy atom. The zero-order valence-corrected chi connectivity index (χ0v) is 21.4. The van der Waals surface area contributed by atoms with Gasteiger partial charge in [-0.15, -0.1) is 10.2 Å². The zero-order valence-electron chi connectivity index (χ0n) is 20.6. The molecule has 0 bridgehead atoms. The fourth-order valence-corrected chi connectivity index (χ4v) is 3.98. The summed E-state index contributed by atoms with van der Waals surface area (Å²) in [5.41, 5.74) is 3.22. The average Bonchev–Trinajstić information content (AvgIpc) is 3.41. The summed E-state index contributed by atoms with van der Waals surface area (Å²) in [5.74, 6) is 1.13. The topological polar surface area (TPSA) is 112 Å². The number of hydrogen-bond donors (Lipinski definition) is 2. The maximum Gasteiger partial charge on any atom is 0.286 e. The number of anilines is 1. The van der Waals surface area contributed by atoms with Crippen molar-refractivity contribution >= 4 is 28.8 Å². The van der Waals surface area contributed by atoms with Gasteiger partial charge in [0.15, 0.2) is 16.5 Å². The Morgan fingerprint density at radius 2 is 1.59 bits per heavy atom. The Balaban J connectivity index is 1.28. The lowest BCUT2D eigenvalue weighted by Gasteiger charge is -2.09. The van der Waals surface area contributed by atoms with E-state index < -0.39 is 5.91 Å². The number of nitrogens with one attached hydrogen (secondary N) is 2. The van der Waals surface area contributed by atoms with Gasteiger partial charge in [-0.25, -0.2) is 0 Å². The molecule has 0 saturated carbocycles. The summed E-state index contributed by atoms with van der Waals surface area (Å²) >= 11 is 1.13. The van der Waals surface area contributed by atoms with Crippen molar-refractivity contribution < 1.29 is 23.8 Å². The molecule has 4 aromatic rings. The van der Waals surface area contributed by atoms with Gasteiger partial charge in [0, 0.05) is 23.9 Å². The molecule has 0 saturated heterocycles. The average molecular weight is 519 g/mol. The van der Waals surface area contributed by atoms with E-state index in [0.717, 1.165) is 16.9 Å². The van der Waals surface area contributed by atoms with Crippen LogP contribution in [0.4, 0.5) is 5.69 Å². The number of aromatic nitrogens is 2. The molecule has 0 aliphatic rings. The van der Waals surface area contributed by atoms with Crippen LogP contribution in [0.15, 0.2) is 66.7 Å². The van der Waals surface area contributed by atoms with Crippen LogP contribution >= 0.6 is 11.3 Å². The quantitative estimate of drug-likeness (QED) is 0.315. The summed E-state index contributed by atoms with van der Waals surface area (Å²) in [5, 5.41) is 14.4. The summed E-state index contributed by atoms with van der Waals surface area (Å²) in [6.45, 7) is 2.60. The highest BCUT2D eigenvalue weighted by Crippen LogP contribution is 2.31. The first kappa shape index (κ1) is 25.6. The van der Waals surface area contributed by atoms with Crippen LogP contribution in [0.25, 0.3) is 0 Å². The van der Waals surface area contributed by atoms with Crippen LogP contribution in [0, 0.1) is 6.92 Å². The SMILES string of the molecule is COc1ccc(OCc2nnc(C(=O)Nc3ccc(C(=O)NCc4ccc(C)cc4)cc3)s2)cc1OC. The number of amides is 2. The molecular formula is C27H26N4O5S. The molecule has 4 rings (SSSR count). The fraction of sp³-hybridized carbons (Fsp3) is 0.185. The summed E-state index contributed by atoms with van der Waals surface area (Å²) in [6, 6.07) is 19.8. The van der Waals surface area contributed by atoms with Gasteiger partial charge in [0.25, 0.3) is 11.8 Å². The molecule has 0 aliphatic heterocycles. The summed E-state index contributed by atoms with van der Waals surface area (Å²) in [7, 11) is 3.11. The lowest BCUT2D eigenvalue weighted by molar-refractivity contribution is 0.0950. The number of aryl methyl sites for hydroxylation is 1. The van der Waals surface area contributed by atoms with Crippen molar-refractivity contribution in [1.82, 2.24) is 15.5 Å². The number of hydrogen-bond acceptors (Lipinski definition) is 8. The van der Waals surface area contributed by atoms with Crippen LogP contribution in [0.1, 0.15) is 36.3 Å². The molecule has 1 heterocycles. The Labute approximate surface area is 218 Å². The number of carbonyl (C=O) groups is 2. The second kappa shape index (κ2) is 12.0. The highest BCUT2D eigenvalue weighted by molar-refractivity contribution is 7.13. The molecule has 0 aliphatic carbocycles. The lowest BCUT2D eigenvalue weighted by atomic mass is 10.1. The third kappa shape index (κ3) is 6.83. The molecule has 2 amide bonds. The first-order chi connectivity index (χ1) is 17.9. The molecule has 2 N–H and O–H groups in total. The van der Waals surface area contributed by atoms with E-state index in [1.807, 2.05) is 31.2 Å². The summed E-state index contributed by atoms with van der Waals surface area (Å²) in [6.07, 6.45) is 0. The van der Waals surface area contributed by atoms with Gasteiger partial charge in [-0.1, -0.05) is 41.2 Å². The van der Waals surface area contributed by atoms with Crippen molar-refractivity contribution in [2.24, 2.45) is 0 Å². The number of ether oxygens (including phenoxy) is 3. The fourth-order valence-electron chi connectivity index (χ4n) is 3.33. The number of benzene rings is 3. The molecule has 9 nitrogen and oxygen atoms in total. The Hall–Kier alpha value is -4.44. The maximum atomic E-state index is 12.6. The molecule has 0 unspecified atom stereocenters. The molecule has 190 valence electrons. The molecule has 0 radical (unpaired) electrons. The molecule has 3 aromatic carbocycles. The molecule has 0 spiro atoms. The van der Waals surface area contributed by atoms with Gasteiger partial charge < -0.3 is 24.8 Å². The van der Waals surface area contributed by atoms with E-state index in [4.69, 9.17) is 14.2 Å². The van der Waals surface area contributed by atoms with Crippen molar-refractivity contribution in [3.8, 4) is 17.2 Å². The van der Waals surface area contributed by atoms with Crippen molar-refractivity contribution in [3.05, 3.63) is 93.4 Å². The van der Waals surface area contributed by atoms with E-state index in [-0.39, 0.29) is 17.5 Å². The Kier molecular flexibility index (Phi) is 8.32. The predicted octanol–water partition coefficient (Wildman–Crippen LogP) is 4.63. The summed E-state index contributed by atoms with van der Waals surface area (Å²) < 4.78 is 16.2. The molecule has 1 aromatic heterocycles.